The Kier molecular flexibility index (Phi) is 14.6. The predicted molar refractivity (Wildman–Crippen MR) is 143 cm³/mol. The zero-order valence-electron chi connectivity index (χ0n) is 19.3. The molecule has 1 nitrogen and oxygen atoms in total. The lowest BCUT2D eigenvalue weighted by molar-refractivity contribution is 0.824. The van der Waals surface area contributed by atoms with Crippen molar-refractivity contribution in [1.29, 1.82) is 0 Å². The first kappa shape index (κ1) is 27.9. The summed E-state index contributed by atoms with van der Waals surface area (Å²) in [4.78, 5) is 1.34. The molecular weight excluding hydrogens is 404 g/mol. The molecule has 0 amide bonds. The van der Waals surface area contributed by atoms with Crippen molar-refractivity contribution in [2.45, 2.75) is 46.4 Å². The average Bonchev–Trinajstić information content (AvgIpc) is 3.21. The summed E-state index contributed by atoms with van der Waals surface area (Å²) in [5, 5.41) is 2.73. The summed E-state index contributed by atoms with van der Waals surface area (Å²) in [6, 6.07) is 24.0. The van der Waals surface area contributed by atoms with Gasteiger partial charge in [-0.15, -0.1) is 23.1 Å². The summed E-state index contributed by atoms with van der Waals surface area (Å²) in [6.45, 7) is 12.0. The molecule has 1 aromatic heterocycles. The second kappa shape index (κ2) is 15.7. The largest absolute Gasteiger partial charge is 0.412 e. The molecule has 0 aliphatic carbocycles. The number of fused-ring (bicyclic) bond motifs is 3. The molecule has 0 saturated heterocycles. The minimum Gasteiger partial charge on any atom is -0.412 e. The van der Waals surface area contributed by atoms with Crippen LogP contribution in [0.2, 0.25) is 0 Å². The Morgan fingerprint density at radius 3 is 1.83 bits per heavy atom. The molecule has 162 valence electrons. The molecule has 0 bridgehead atoms. The van der Waals surface area contributed by atoms with Crippen LogP contribution in [0.3, 0.4) is 0 Å². The second-order valence-corrected chi connectivity index (χ2v) is 7.55. The molecule has 0 aliphatic rings. The fourth-order valence-corrected chi connectivity index (χ4v) is 4.67. The maximum Gasteiger partial charge on any atom is 0.0434 e. The number of hydrogen-bond acceptors (Lipinski definition) is 2. The van der Waals surface area contributed by atoms with Gasteiger partial charge in [0.25, 0.3) is 0 Å². The van der Waals surface area contributed by atoms with Crippen molar-refractivity contribution in [2.24, 2.45) is 0 Å². The van der Waals surface area contributed by atoms with E-state index in [1.54, 1.807) is 0 Å². The molecule has 4 aromatic rings. The van der Waals surface area contributed by atoms with Gasteiger partial charge in [-0.1, -0.05) is 94.4 Å². The van der Waals surface area contributed by atoms with Gasteiger partial charge >= 0.3 is 0 Å². The third-order valence-electron chi connectivity index (χ3n) is 4.13. The van der Waals surface area contributed by atoms with E-state index in [0.717, 1.165) is 0 Å². The molecule has 0 spiro atoms. The van der Waals surface area contributed by atoms with Gasteiger partial charge < -0.3 is 5.48 Å². The van der Waals surface area contributed by atoms with Crippen molar-refractivity contribution in [3.63, 3.8) is 0 Å². The summed E-state index contributed by atoms with van der Waals surface area (Å²) >= 11 is 3.70. The molecule has 0 saturated carbocycles. The minimum absolute atomic E-state index is 0. The van der Waals surface area contributed by atoms with Crippen LogP contribution in [0.15, 0.2) is 83.8 Å². The van der Waals surface area contributed by atoms with Gasteiger partial charge in [-0.05, 0) is 37.8 Å². The molecule has 3 heteroatoms. The summed E-state index contributed by atoms with van der Waals surface area (Å²) in [7, 11) is 0. The van der Waals surface area contributed by atoms with E-state index in [2.05, 4.69) is 73.0 Å². The Bertz CT molecular complexity index is 1010. The third-order valence-corrected chi connectivity index (χ3v) is 6.15. The Morgan fingerprint density at radius 1 is 0.667 bits per heavy atom. The highest BCUT2D eigenvalue weighted by Crippen LogP contribution is 2.41. The Hall–Kier alpha value is -2.07. The Morgan fingerprint density at radius 2 is 1.20 bits per heavy atom. The summed E-state index contributed by atoms with van der Waals surface area (Å²) in [5.41, 5.74) is 2.68. The molecule has 0 fully saturated rings. The van der Waals surface area contributed by atoms with Crippen LogP contribution < -0.4 is 0 Å². The van der Waals surface area contributed by atoms with Crippen LogP contribution >= 0.6 is 23.1 Å². The van der Waals surface area contributed by atoms with Gasteiger partial charge in [0.05, 0.1) is 0 Å². The van der Waals surface area contributed by atoms with Gasteiger partial charge in [0.15, 0.2) is 0 Å². The standard InChI is InChI=1S/C19H14S2.C4H8.2C2H6.H2O/c1-20-17-11-4-2-7-13(17)15-9-6-10-16-14-8-3-5-12-18(14)21-19(15)16;1-3-4-2;2*1-2;/h2-12H,1H3;3-4H,1-2H3;2*1-2H3;1H2/b;4-3-;;;. The number of allylic oxidation sites excluding steroid dienone is 2. The first-order valence-electron chi connectivity index (χ1n) is 10.4. The molecule has 3 aromatic carbocycles. The van der Waals surface area contributed by atoms with Crippen LogP contribution in [0.5, 0.6) is 0 Å². The van der Waals surface area contributed by atoms with E-state index in [1.165, 1.54) is 36.2 Å². The molecule has 30 heavy (non-hydrogen) atoms. The van der Waals surface area contributed by atoms with E-state index in [0.29, 0.717) is 0 Å². The maximum atomic E-state index is 2.24. The number of thioether (sulfide) groups is 1. The van der Waals surface area contributed by atoms with Crippen molar-refractivity contribution >= 4 is 43.3 Å². The number of benzene rings is 3. The normalized spacial score (nSPS) is 9.57. The highest BCUT2D eigenvalue weighted by molar-refractivity contribution is 7.98. The molecule has 4 rings (SSSR count). The topological polar surface area (TPSA) is 31.5 Å². The maximum absolute atomic E-state index is 2.24. The average molecular weight is 441 g/mol. The third kappa shape index (κ3) is 6.73. The van der Waals surface area contributed by atoms with E-state index in [-0.39, 0.29) is 5.48 Å². The van der Waals surface area contributed by atoms with Crippen LogP contribution in [0, 0.1) is 0 Å². The summed E-state index contributed by atoms with van der Waals surface area (Å²) < 4.78 is 2.75. The fraction of sp³-hybridized carbons (Fsp3) is 0.259. The highest BCUT2D eigenvalue weighted by Gasteiger charge is 2.11. The predicted octanol–water partition coefficient (Wildman–Crippen LogP) is 9.25. The molecule has 0 radical (unpaired) electrons. The molecule has 0 aliphatic heterocycles. The lowest BCUT2D eigenvalue weighted by Crippen LogP contribution is -1.81. The van der Waals surface area contributed by atoms with Crippen molar-refractivity contribution in [1.82, 2.24) is 0 Å². The number of rotatable bonds is 2. The molecule has 1 heterocycles. The lowest BCUT2D eigenvalue weighted by Gasteiger charge is -2.08. The van der Waals surface area contributed by atoms with Gasteiger partial charge in [-0.2, -0.15) is 0 Å². The van der Waals surface area contributed by atoms with Crippen molar-refractivity contribution in [3.05, 3.63) is 78.9 Å². The van der Waals surface area contributed by atoms with Gasteiger partial charge in [0.1, 0.15) is 0 Å². The van der Waals surface area contributed by atoms with Crippen LogP contribution in [-0.4, -0.2) is 11.7 Å². The minimum atomic E-state index is 0. The number of thiophene rings is 1. The second-order valence-electron chi connectivity index (χ2n) is 5.65. The van der Waals surface area contributed by atoms with Gasteiger partial charge in [-0.25, -0.2) is 0 Å². The van der Waals surface area contributed by atoms with E-state index in [9.17, 15) is 0 Å². The Labute approximate surface area is 191 Å². The van der Waals surface area contributed by atoms with E-state index in [1.807, 2.05) is 76.8 Å². The smallest absolute Gasteiger partial charge is 0.0434 e. The van der Waals surface area contributed by atoms with Crippen LogP contribution in [0.25, 0.3) is 31.3 Å². The van der Waals surface area contributed by atoms with Crippen LogP contribution in [-0.2, 0) is 0 Å². The van der Waals surface area contributed by atoms with Crippen molar-refractivity contribution < 1.29 is 5.48 Å². The fourth-order valence-electron chi connectivity index (χ4n) is 2.83. The quantitative estimate of drug-likeness (QED) is 0.226. The SMILES string of the molecule is C/C=C\C.CC.CC.CSc1ccccc1-c1cccc2c1sc1ccccc12.O. The van der Waals surface area contributed by atoms with E-state index in [4.69, 9.17) is 0 Å². The van der Waals surface area contributed by atoms with Gasteiger partial charge in [0.2, 0.25) is 0 Å². The zero-order valence-corrected chi connectivity index (χ0v) is 21.0. The molecular formula is C27H36OS2. The first-order valence-corrected chi connectivity index (χ1v) is 12.4. The first-order chi connectivity index (χ1) is 14.3. The van der Waals surface area contributed by atoms with Crippen molar-refractivity contribution in [3.8, 4) is 11.1 Å². The Balaban J connectivity index is 0.000000828. The van der Waals surface area contributed by atoms with Gasteiger partial charge in [-0.3, -0.25) is 0 Å². The van der Waals surface area contributed by atoms with E-state index < -0.39 is 0 Å². The summed E-state index contributed by atoms with van der Waals surface area (Å²) in [5.74, 6) is 0. The van der Waals surface area contributed by atoms with E-state index >= 15 is 0 Å². The van der Waals surface area contributed by atoms with Crippen molar-refractivity contribution in [2.75, 3.05) is 6.26 Å². The molecule has 2 N–H and O–H groups in total. The van der Waals surface area contributed by atoms with Crippen LogP contribution in [0.4, 0.5) is 0 Å². The summed E-state index contributed by atoms with van der Waals surface area (Å²) in [6.07, 6.45) is 6.14. The van der Waals surface area contributed by atoms with Crippen LogP contribution in [0.1, 0.15) is 41.5 Å². The lowest BCUT2D eigenvalue weighted by atomic mass is 10.0. The zero-order chi connectivity index (χ0) is 21.6. The van der Waals surface area contributed by atoms with Gasteiger partial charge in [0, 0.05) is 30.6 Å². The monoisotopic (exact) mass is 440 g/mol. The highest BCUT2D eigenvalue weighted by atomic mass is 32.2. The number of hydrogen-bond donors (Lipinski definition) is 0. The molecule has 0 unspecified atom stereocenters. The molecule has 0 atom stereocenters.